The fraction of sp³-hybridized carbons (Fsp3) is 0.353. The normalized spacial score (nSPS) is 19.1. The van der Waals surface area contributed by atoms with E-state index in [1.54, 1.807) is 0 Å². The smallest absolute Gasteiger partial charge is 0.438 e. The van der Waals surface area contributed by atoms with Crippen LogP contribution < -0.4 is 14.5 Å². The molecule has 2 heterocycles. The Bertz CT molecular complexity index is 962. The molecular formula is C17H16F3N3O5S. The number of halogens is 3. The van der Waals surface area contributed by atoms with Crippen LogP contribution in [-0.2, 0) is 4.74 Å². The van der Waals surface area contributed by atoms with E-state index in [1.807, 2.05) is 0 Å². The number of rotatable bonds is 5. The average Bonchev–Trinajstić information content (AvgIpc) is 3.31. The van der Waals surface area contributed by atoms with Gasteiger partial charge in [0, 0.05) is 17.0 Å². The highest BCUT2D eigenvalue weighted by Crippen LogP contribution is 2.45. The Hall–Kier alpha value is -2.86. The van der Waals surface area contributed by atoms with Crippen molar-refractivity contribution in [3.8, 4) is 11.5 Å². The van der Waals surface area contributed by atoms with Gasteiger partial charge in [0.2, 0.25) is 5.13 Å². The van der Waals surface area contributed by atoms with Crippen LogP contribution in [-0.4, -0.2) is 55.0 Å². The van der Waals surface area contributed by atoms with Crippen LogP contribution in [0, 0.1) is 0 Å². The van der Waals surface area contributed by atoms with Crippen molar-refractivity contribution >= 4 is 28.1 Å². The Balaban J connectivity index is 2.08. The number of thiazole rings is 1. The second kappa shape index (κ2) is 7.52. The van der Waals surface area contributed by atoms with Crippen molar-refractivity contribution in [3.05, 3.63) is 34.8 Å². The number of benzene rings is 1. The lowest BCUT2D eigenvalue weighted by atomic mass is 10.00. The molecule has 3 rings (SSSR count). The Labute approximate surface area is 167 Å². The number of nitrogens with zero attached hydrogens (tertiary/aromatic N) is 3. The van der Waals surface area contributed by atoms with Crippen LogP contribution in [0.5, 0.6) is 11.5 Å². The third-order valence-electron chi connectivity index (χ3n) is 4.23. The molecule has 12 heteroatoms. The van der Waals surface area contributed by atoms with E-state index in [-0.39, 0.29) is 27.9 Å². The lowest BCUT2D eigenvalue weighted by Crippen LogP contribution is -2.55. The predicted octanol–water partition coefficient (Wildman–Crippen LogP) is 2.81. The van der Waals surface area contributed by atoms with Gasteiger partial charge in [-0.3, -0.25) is 0 Å². The summed E-state index contributed by atoms with van der Waals surface area (Å²) in [4.78, 5) is 15.4. The maximum absolute atomic E-state index is 13.8. The van der Waals surface area contributed by atoms with E-state index >= 15 is 0 Å². The molecule has 0 bridgehead atoms. The third kappa shape index (κ3) is 3.60. The molecule has 1 N–H and O–H groups in total. The van der Waals surface area contributed by atoms with Gasteiger partial charge in [-0.1, -0.05) is 0 Å². The van der Waals surface area contributed by atoms with Gasteiger partial charge in [0.25, 0.3) is 5.72 Å². The number of hydrazone groups is 1. The molecule has 1 aliphatic heterocycles. The molecule has 0 spiro atoms. The maximum atomic E-state index is 13.8. The molecule has 0 fully saturated rings. The van der Waals surface area contributed by atoms with E-state index in [2.05, 4.69) is 14.8 Å². The molecule has 0 saturated carbocycles. The number of hydrogen-bond donors (Lipinski definition) is 1. The zero-order valence-electron chi connectivity index (χ0n) is 15.5. The van der Waals surface area contributed by atoms with Crippen molar-refractivity contribution in [1.82, 2.24) is 4.98 Å². The summed E-state index contributed by atoms with van der Waals surface area (Å²) in [5.41, 5.74) is -3.36. The van der Waals surface area contributed by atoms with Crippen LogP contribution in [0.25, 0.3) is 0 Å². The Morgan fingerprint density at radius 1 is 1.28 bits per heavy atom. The van der Waals surface area contributed by atoms with E-state index in [0.717, 1.165) is 18.4 Å². The monoisotopic (exact) mass is 431 g/mol. The van der Waals surface area contributed by atoms with Crippen molar-refractivity contribution in [1.29, 1.82) is 0 Å². The maximum Gasteiger partial charge on any atom is 0.438 e. The van der Waals surface area contributed by atoms with Gasteiger partial charge in [-0.2, -0.15) is 23.3 Å². The van der Waals surface area contributed by atoms with E-state index in [9.17, 15) is 23.1 Å². The Kier molecular flexibility index (Phi) is 5.41. The standard InChI is InChI=1S/C17H16F3N3O5S/c1-26-9-4-5-10(13(6-9)27-2)11-7-16(25,17(18,19)20)23(22-11)15-21-12(8-29-15)14(24)28-3/h4-6,8,25H,7H2,1-3H3/t16-/m0/s1. The molecule has 0 amide bonds. The zero-order valence-corrected chi connectivity index (χ0v) is 16.3. The minimum absolute atomic E-state index is 0.0702. The van der Waals surface area contributed by atoms with Gasteiger partial charge in [-0.05, 0) is 12.1 Å². The number of anilines is 1. The summed E-state index contributed by atoms with van der Waals surface area (Å²) in [5, 5.41) is 15.8. The van der Waals surface area contributed by atoms with Crippen molar-refractivity contribution in [3.63, 3.8) is 0 Å². The molecule has 29 heavy (non-hydrogen) atoms. The van der Waals surface area contributed by atoms with Crippen molar-refractivity contribution < 1.29 is 37.3 Å². The van der Waals surface area contributed by atoms with Crippen LogP contribution in [0.4, 0.5) is 18.3 Å². The van der Waals surface area contributed by atoms with Crippen LogP contribution >= 0.6 is 11.3 Å². The number of esters is 1. The van der Waals surface area contributed by atoms with Gasteiger partial charge in [-0.15, -0.1) is 11.3 Å². The largest absolute Gasteiger partial charge is 0.497 e. The first-order valence-electron chi connectivity index (χ1n) is 8.07. The van der Waals surface area contributed by atoms with Crippen LogP contribution in [0.15, 0.2) is 28.7 Å². The predicted molar refractivity (Wildman–Crippen MR) is 97.6 cm³/mol. The lowest BCUT2D eigenvalue weighted by Gasteiger charge is -2.32. The zero-order chi connectivity index (χ0) is 21.4. The summed E-state index contributed by atoms with van der Waals surface area (Å²) < 4.78 is 56.1. The minimum Gasteiger partial charge on any atom is -0.497 e. The molecule has 8 nitrogen and oxygen atoms in total. The van der Waals surface area contributed by atoms with Crippen LogP contribution in [0.2, 0.25) is 0 Å². The van der Waals surface area contributed by atoms with Gasteiger partial charge in [0.15, 0.2) is 5.69 Å². The number of aromatic nitrogens is 1. The lowest BCUT2D eigenvalue weighted by molar-refractivity contribution is -0.254. The van der Waals surface area contributed by atoms with E-state index in [0.29, 0.717) is 10.8 Å². The summed E-state index contributed by atoms with van der Waals surface area (Å²) in [7, 11) is 3.91. The molecule has 1 aromatic heterocycles. The highest BCUT2D eigenvalue weighted by molar-refractivity contribution is 7.14. The number of carbonyl (C=O) groups is 1. The quantitative estimate of drug-likeness (QED) is 0.728. The Morgan fingerprint density at radius 3 is 2.59 bits per heavy atom. The summed E-state index contributed by atoms with van der Waals surface area (Å²) in [6, 6.07) is 4.51. The molecule has 0 aliphatic carbocycles. The summed E-state index contributed by atoms with van der Waals surface area (Å²) >= 11 is 0.718. The summed E-state index contributed by atoms with van der Waals surface area (Å²) in [6.45, 7) is 0. The van der Waals surface area contributed by atoms with Crippen molar-refractivity contribution in [2.45, 2.75) is 18.3 Å². The molecular weight excluding hydrogens is 415 g/mol. The molecule has 1 aromatic carbocycles. The fourth-order valence-electron chi connectivity index (χ4n) is 2.71. The van der Waals surface area contributed by atoms with E-state index in [1.165, 1.54) is 37.8 Å². The number of hydrogen-bond acceptors (Lipinski definition) is 9. The third-order valence-corrected chi connectivity index (χ3v) is 5.04. The van der Waals surface area contributed by atoms with Crippen molar-refractivity contribution in [2.24, 2.45) is 5.10 Å². The van der Waals surface area contributed by atoms with Crippen LogP contribution in [0.3, 0.4) is 0 Å². The molecule has 0 radical (unpaired) electrons. The second-order valence-corrected chi connectivity index (χ2v) is 6.76. The van der Waals surface area contributed by atoms with Gasteiger partial charge in [0.1, 0.15) is 11.5 Å². The molecule has 0 saturated heterocycles. The number of aliphatic hydroxyl groups is 1. The minimum atomic E-state index is -5.06. The SMILES string of the molecule is COC(=O)c1csc(N2N=C(c3ccc(OC)cc3OC)C[C@]2(O)C(F)(F)F)n1. The molecule has 2 aromatic rings. The summed E-state index contributed by atoms with van der Waals surface area (Å²) in [5.74, 6) is -0.151. The first-order chi connectivity index (χ1) is 13.6. The number of carbonyl (C=O) groups excluding carboxylic acids is 1. The number of methoxy groups -OCH3 is 3. The summed E-state index contributed by atoms with van der Waals surface area (Å²) in [6.07, 6.45) is -5.93. The number of alkyl halides is 3. The molecule has 1 atom stereocenters. The van der Waals surface area contributed by atoms with Gasteiger partial charge < -0.3 is 19.3 Å². The van der Waals surface area contributed by atoms with Crippen molar-refractivity contribution in [2.75, 3.05) is 26.3 Å². The van der Waals surface area contributed by atoms with E-state index < -0.39 is 24.3 Å². The van der Waals surface area contributed by atoms with E-state index in [4.69, 9.17) is 9.47 Å². The highest BCUT2D eigenvalue weighted by atomic mass is 32.1. The second-order valence-electron chi connectivity index (χ2n) is 5.92. The molecule has 1 aliphatic rings. The van der Waals surface area contributed by atoms with Gasteiger partial charge in [-0.25, -0.2) is 9.78 Å². The van der Waals surface area contributed by atoms with Gasteiger partial charge in [0.05, 0.1) is 33.5 Å². The van der Waals surface area contributed by atoms with Crippen LogP contribution in [0.1, 0.15) is 22.5 Å². The van der Waals surface area contributed by atoms with Gasteiger partial charge >= 0.3 is 12.1 Å². The highest BCUT2D eigenvalue weighted by Gasteiger charge is 2.62. The Morgan fingerprint density at radius 2 is 2.00 bits per heavy atom. The number of ether oxygens (including phenoxy) is 3. The molecule has 0 unspecified atom stereocenters. The molecule has 156 valence electrons. The average molecular weight is 431 g/mol. The first kappa shape index (κ1) is 20.9. The topological polar surface area (TPSA) is 93.5 Å². The fourth-order valence-corrected chi connectivity index (χ4v) is 3.52. The first-order valence-corrected chi connectivity index (χ1v) is 8.95.